The van der Waals surface area contributed by atoms with E-state index < -0.39 is 5.54 Å². The molecule has 0 spiro atoms. The Bertz CT molecular complexity index is 436. The number of amides is 1. The number of benzene rings is 1. The van der Waals surface area contributed by atoms with Crippen LogP contribution in [0.3, 0.4) is 0 Å². The van der Waals surface area contributed by atoms with E-state index in [2.05, 4.69) is 11.8 Å². The molecule has 110 valence electrons. The van der Waals surface area contributed by atoms with Gasteiger partial charge >= 0.3 is 0 Å². The number of hydrogen-bond donors (Lipinski definition) is 1. The van der Waals surface area contributed by atoms with Crippen molar-refractivity contribution >= 4 is 5.91 Å². The maximum atomic E-state index is 12.7. The van der Waals surface area contributed by atoms with E-state index in [-0.39, 0.29) is 5.91 Å². The fourth-order valence-corrected chi connectivity index (χ4v) is 2.73. The van der Waals surface area contributed by atoms with Gasteiger partial charge in [-0.05, 0) is 25.5 Å². The molecule has 1 heterocycles. The average Bonchev–Trinajstić information content (AvgIpc) is 2.48. The number of carbonyl (C=O) groups excluding carboxylic acids is 1. The van der Waals surface area contributed by atoms with Crippen LogP contribution in [-0.2, 0) is 10.3 Å². The summed E-state index contributed by atoms with van der Waals surface area (Å²) in [6, 6.07) is 9.63. The van der Waals surface area contributed by atoms with Crippen molar-refractivity contribution in [2.24, 2.45) is 5.73 Å². The third-order valence-corrected chi connectivity index (χ3v) is 4.02. The molecule has 1 saturated heterocycles. The molecule has 20 heavy (non-hydrogen) atoms. The predicted molar refractivity (Wildman–Crippen MR) is 81.3 cm³/mol. The van der Waals surface area contributed by atoms with Gasteiger partial charge in [-0.1, -0.05) is 37.3 Å². The van der Waals surface area contributed by atoms with Crippen molar-refractivity contribution in [3.8, 4) is 0 Å². The second kappa shape index (κ2) is 6.37. The van der Waals surface area contributed by atoms with Crippen molar-refractivity contribution in [3.05, 3.63) is 35.9 Å². The highest BCUT2D eigenvalue weighted by Crippen LogP contribution is 2.21. The Morgan fingerprint density at radius 2 is 1.80 bits per heavy atom. The molecule has 0 saturated carbocycles. The first-order valence-corrected chi connectivity index (χ1v) is 7.42. The summed E-state index contributed by atoms with van der Waals surface area (Å²) >= 11 is 0. The van der Waals surface area contributed by atoms with Gasteiger partial charge in [0, 0.05) is 26.2 Å². The molecule has 0 bridgehead atoms. The lowest BCUT2D eigenvalue weighted by molar-refractivity contribution is -0.138. The summed E-state index contributed by atoms with van der Waals surface area (Å²) in [5.74, 6) is 0.0276. The largest absolute Gasteiger partial charge is 0.338 e. The van der Waals surface area contributed by atoms with Crippen LogP contribution >= 0.6 is 0 Å². The molecule has 1 aliphatic heterocycles. The minimum atomic E-state index is -0.936. The molecule has 1 unspecified atom stereocenters. The quantitative estimate of drug-likeness (QED) is 0.904. The molecule has 2 rings (SSSR count). The minimum absolute atomic E-state index is 0.0276. The number of rotatable bonds is 4. The summed E-state index contributed by atoms with van der Waals surface area (Å²) in [6.45, 7) is 8.55. The maximum absolute atomic E-state index is 12.7. The van der Waals surface area contributed by atoms with E-state index in [1.165, 1.54) is 0 Å². The van der Waals surface area contributed by atoms with Crippen LogP contribution in [0.4, 0.5) is 0 Å². The molecule has 1 aromatic carbocycles. The summed E-state index contributed by atoms with van der Waals surface area (Å²) in [7, 11) is 0. The maximum Gasteiger partial charge on any atom is 0.247 e. The van der Waals surface area contributed by atoms with Crippen molar-refractivity contribution in [3.63, 3.8) is 0 Å². The van der Waals surface area contributed by atoms with Crippen molar-refractivity contribution < 1.29 is 4.79 Å². The minimum Gasteiger partial charge on any atom is -0.338 e. The van der Waals surface area contributed by atoms with Gasteiger partial charge in [-0.15, -0.1) is 0 Å². The zero-order valence-electron chi connectivity index (χ0n) is 12.5. The molecular formula is C16H25N3O. The Morgan fingerprint density at radius 1 is 1.20 bits per heavy atom. The first-order valence-electron chi connectivity index (χ1n) is 7.42. The highest BCUT2D eigenvalue weighted by molar-refractivity contribution is 5.87. The fraction of sp³-hybridized carbons (Fsp3) is 0.562. The molecule has 1 fully saturated rings. The molecule has 1 atom stereocenters. The number of nitrogens with two attached hydrogens (primary N) is 1. The first kappa shape index (κ1) is 15.0. The summed E-state index contributed by atoms with van der Waals surface area (Å²) in [5.41, 5.74) is 6.24. The van der Waals surface area contributed by atoms with Gasteiger partial charge in [0.15, 0.2) is 0 Å². The van der Waals surface area contributed by atoms with E-state index in [1.54, 1.807) is 0 Å². The lowest BCUT2D eigenvalue weighted by Gasteiger charge is -2.38. The van der Waals surface area contributed by atoms with E-state index in [1.807, 2.05) is 42.2 Å². The summed E-state index contributed by atoms with van der Waals surface area (Å²) in [5, 5.41) is 0. The van der Waals surface area contributed by atoms with E-state index in [4.69, 9.17) is 5.73 Å². The zero-order valence-corrected chi connectivity index (χ0v) is 12.5. The van der Waals surface area contributed by atoms with Gasteiger partial charge in [0.25, 0.3) is 0 Å². The highest BCUT2D eigenvalue weighted by Gasteiger charge is 2.35. The van der Waals surface area contributed by atoms with Crippen LogP contribution in [-0.4, -0.2) is 48.4 Å². The van der Waals surface area contributed by atoms with Gasteiger partial charge in [0.1, 0.15) is 5.54 Å². The monoisotopic (exact) mass is 275 g/mol. The fourth-order valence-electron chi connectivity index (χ4n) is 2.73. The van der Waals surface area contributed by atoms with Crippen molar-refractivity contribution in [1.29, 1.82) is 0 Å². The normalized spacial score (nSPS) is 19.6. The molecule has 0 aromatic heterocycles. The van der Waals surface area contributed by atoms with Crippen LogP contribution in [0.5, 0.6) is 0 Å². The highest BCUT2D eigenvalue weighted by atomic mass is 16.2. The van der Waals surface area contributed by atoms with Crippen LogP contribution in [0.25, 0.3) is 0 Å². The number of nitrogens with zero attached hydrogens (tertiary/aromatic N) is 2. The Hall–Kier alpha value is -1.39. The molecular weight excluding hydrogens is 250 g/mol. The standard InChI is InChI=1S/C16H25N3O/c1-3-9-18-10-12-19(13-11-18)15(20)16(2,17)14-7-5-4-6-8-14/h4-8H,3,9-13,17H2,1-2H3. The van der Waals surface area contributed by atoms with Crippen LogP contribution in [0, 0.1) is 0 Å². The van der Waals surface area contributed by atoms with Crippen LogP contribution in [0.2, 0.25) is 0 Å². The SMILES string of the molecule is CCCN1CCN(C(=O)C(C)(N)c2ccccc2)CC1. The average molecular weight is 275 g/mol. The second-order valence-corrected chi connectivity index (χ2v) is 5.70. The Morgan fingerprint density at radius 3 is 2.35 bits per heavy atom. The summed E-state index contributed by atoms with van der Waals surface area (Å²) in [4.78, 5) is 17.0. The molecule has 4 nitrogen and oxygen atoms in total. The summed E-state index contributed by atoms with van der Waals surface area (Å²) < 4.78 is 0. The Labute approximate surface area is 121 Å². The Balaban J connectivity index is 2.01. The first-order chi connectivity index (χ1) is 9.55. The van der Waals surface area contributed by atoms with Gasteiger partial charge in [0.05, 0.1) is 0 Å². The zero-order chi connectivity index (χ0) is 14.6. The number of piperazine rings is 1. The van der Waals surface area contributed by atoms with E-state index in [0.29, 0.717) is 0 Å². The van der Waals surface area contributed by atoms with Gasteiger partial charge in [-0.25, -0.2) is 0 Å². The third kappa shape index (κ3) is 3.19. The van der Waals surface area contributed by atoms with Crippen LogP contribution in [0.15, 0.2) is 30.3 Å². The topological polar surface area (TPSA) is 49.6 Å². The predicted octanol–water partition coefficient (Wildman–Crippen LogP) is 1.41. The Kier molecular flexibility index (Phi) is 4.78. The number of hydrogen-bond acceptors (Lipinski definition) is 3. The van der Waals surface area contributed by atoms with Gasteiger partial charge < -0.3 is 10.6 Å². The smallest absolute Gasteiger partial charge is 0.247 e. The number of carbonyl (C=O) groups is 1. The van der Waals surface area contributed by atoms with Crippen LogP contribution in [0.1, 0.15) is 25.8 Å². The molecule has 1 aliphatic rings. The van der Waals surface area contributed by atoms with Crippen LogP contribution < -0.4 is 5.73 Å². The molecule has 2 N–H and O–H groups in total. The van der Waals surface area contributed by atoms with Gasteiger partial charge in [-0.3, -0.25) is 9.69 Å². The van der Waals surface area contributed by atoms with Gasteiger partial charge in [-0.2, -0.15) is 0 Å². The lowest BCUT2D eigenvalue weighted by Crippen LogP contribution is -2.56. The van der Waals surface area contributed by atoms with E-state index >= 15 is 0 Å². The lowest BCUT2D eigenvalue weighted by atomic mass is 9.91. The van der Waals surface area contributed by atoms with Crippen molar-refractivity contribution in [2.75, 3.05) is 32.7 Å². The molecule has 0 radical (unpaired) electrons. The summed E-state index contributed by atoms with van der Waals surface area (Å²) in [6.07, 6.45) is 1.16. The van der Waals surface area contributed by atoms with Crippen molar-refractivity contribution in [2.45, 2.75) is 25.8 Å². The van der Waals surface area contributed by atoms with E-state index in [9.17, 15) is 4.79 Å². The third-order valence-electron chi connectivity index (χ3n) is 4.02. The van der Waals surface area contributed by atoms with E-state index in [0.717, 1.165) is 44.7 Å². The molecule has 0 aliphatic carbocycles. The second-order valence-electron chi connectivity index (χ2n) is 5.70. The molecule has 1 amide bonds. The van der Waals surface area contributed by atoms with Gasteiger partial charge in [0.2, 0.25) is 5.91 Å². The van der Waals surface area contributed by atoms with Crippen molar-refractivity contribution in [1.82, 2.24) is 9.80 Å². The molecule has 1 aromatic rings. The molecule has 4 heteroatoms.